The summed E-state index contributed by atoms with van der Waals surface area (Å²) in [5, 5.41) is 7.65. The summed E-state index contributed by atoms with van der Waals surface area (Å²) < 4.78 is 15.3. The van der Waals surface area contributed by atoms with Gasteiger partial charge in [0, 0.05) is 24.9 Å². The zero-order valence-corrected chi connectivity index (χ0v) is 19.4. The van der Waals surface area contributed by atoms with Gasteiger partial charge >= 0.3 is 0 Å². The van der Waals surface area contributed by atoms with E-state index in [9.17, 15) is 9.18 Å². The van der Waals surface area contributed by atoms with E-state index in [1.165, 1.54) is 23.3 Å². The van der Waals surface area contributed by atoms with Gasteiger partial charge in [0.05, 0.1) is 23.6 Å². The maximum atomic E-state index is 13.4. The topological polar surface area (TPSA) is 59.8 Å². The molecule has 34 heavy (non-hydrogen) atoms. The van der Waals surface area contributed by atoms with Crippen molar-refractivity contribution >= 4 is 12.0 Å². The summed E-state index contributed by atoms with van der Waals surface area (Å²) in [6, 6.07) is 9.97. The molecule has 1 unspecified atom stereocenters. The number of carbonyl (C=O) groups excluding carboxylic acids is 1. The minimum absolute atomic E-state index is 0.00126. The van der Waals surface area contributed by atoms with Crippen molar-refractivity contribution in [3.8, 4) is 17.5 Å². The quantitative estimate of drug-likeness (QED) is 0.581. The standard InChI is InChI=1S/C28H27FN4O/c1-19(34)32-25(8-3-20-11-13-30-14-12-20)15-22-4-5-23-16-27-21(17-28(22,23)2)18-31-33(27)26-9-6-24(29)7-10-26/h6-7,9-14,16,18,22,25H,4-5,15,17H2,1-2H3,(H,32,34)/t22-,25?,28-/m1/s1. The summed E-state index contributed by atoms with van der Waals surface area (Å²) >= 11 is 0. The van der Waals surface area contributed by atoms with Crippen LogP contribution in [-0.2, 0) is 11.2 Å². The average Bonchev–Trinajstić information content (AvgIpc) is 3.36. The third kappa shape index (κ3) is 4.26. The van der Waals surface area contributed by atoms with Gasteiger partial charge in [-0.05, 0) is 85.1 Å². The van der Waals surface area contributed by atoms with E-state index in [1.807, 2.05) is 23.0 Å². The van der Waals surface area contributed by atoms with E-state index in [-0.39, 0.29) is 23.2 Å². The van der Waals surface area contributed by atoms with Crippen LogP contribution in [0.4, 0.5) is 4.39 Å². The van der Waals surface area contributed by atoms with Gasteiger partial charge < -0.3 is 5.32 Å². The Balaban J connectivity index is 1.40. The number of rotatable bonds is 4. The number of amides is 1. The molecule has 1 aromatic carbocycles. The molecule has 1 saturated carbocycles. The minimum atomic E-state index is -0.255. The molecular weight excluding hydrogens is 427 g/mol. The van der Waals surface area contributed by atoms with Gasteiger partial charge in [-0.1, -0.05) is 24.3 Å². The van der Waals surface area contributed by atoms with Gasteiger partial charge in [0.2, 0.25) is 5.91 Å². The first-order valence-corrected chi connectivity index (χ1v) is 11.6. The van der Waals surface area contributed by atoms with Crippen molar-refractivity contribution in [2.75, 3.05) is 0 Å². The minimum Gasteiger partial charge on any atom is -0.343 e. The van der Waals surface area contributed by atoms with E-state index < -0.39 is 0 Å². The van der Waals surface area contributed by atoms with Crippen molar-refractivity contribution < 1.29 is 9.18 Å². The van der Waals surface area contributed by atoms with Crippen LogP contribution in [0.5, 0.6) is 0 Å². The smallest absolute Gasteiger partial charge is 0.217 e. The fourth-order valence-corrected chi connectivity index (χ4v) is 5.39. The molecule has 0 aliphatic heterocycles. The Hall–Kier alpha value is -3.72. The van der Waals surface area contributed by atoms with Crippen LogP contribution in [0.1, 0.15) is 49.9 Å². The van der Waals surface area contributed by atoms with Crippen LogP contribution in [0, 0.1) is 29.0 Å². The molecule has 3 aromatic rings. The Labute approximate surface area is 199 Å². The monoisotopic (exact) mass is 454 g/mol. The second-order valence-corrected chi connectivity index (χ2v) is 9.44. The Morgan fingerprint density at radius 3 is 2.76 bits per heavy atom. The van der Waals surface area contributed by atoms with E-state index in [0.29, 0.717) is 5.92 Å². The van der Waals surface area contributed by atoms with Gasteiger partial charge in [0.25, 0.3) is 0 Å². The molecule has 2 aliphatic rings. The first-order valence-electron chi connectivity index (χ1n) is 11.6. The number of fused-ring (bicyclic) bond motifs is 2. The van der Waals surface area contributed by atoms with Crippen LogP contribution in [-0.4, -0.2) is 26.7 Å². The van der Waals surface area contributed by atoms with Crippen molar-refractivity contribution in [2.45, 2.75) is 45.6 Å². The van der Waals surface area contributed by atoms with Gasteiger partial charge in [-0.3, -0.25) is 9.78 Å². The van der Waals surface area contributed by atoms with Gasteiger partial charge in [-0.2, -0.15) is 5.10 Å². The number of nitrogens with one attached hydrogen (secondary N) is 1. The number of carbonyl (C=O) groups is 1. The summed E-state index contributed by atoms with van der Waals surface area (Å²) in [4.78, 5) is 15.9. The highest BCUT2D eigenvalue weighted by molar-refractivity contribution is 5.73. The number of hydrogen-bond donors (Lipinski definition) is 1. The highest BCUT2D eigenvalue weighted by atomic mass is 19.1. The molecule has 2 aromatic heterocycles. The highest BCUT2D eigenvalue weighted by Crippen LogP contribution is 2.54. The highest BCUT2D eigenvalue weighted by Gasteiger charge is 2.46. The SMILES string of the molecule is CC(=O)NC(C#Cc1ccncc1)C[C@H]1CCC2=Cc3c(cnn3-c3ccc(F)cc3)C[C@@]21C. The molecule has 0 saturated heterocycles. The van der Waals surface area contributed by atoms with Gasteiger partial charge in [-0.15, -0.1) is 0 Å². The lowest BCUT2D eigenvalue weighted by Gasteiger charge is -2.37. The molecule has 2 heterocycles. The van der Waals surface area contributed by atoms with Crippen molar-refractivity contribution in [2.24, 2.45) is 11.3 Å². The molecule has 0 bridgehead atoms. The van der Waals surface area contributed by atoms with Crippen LogP contribution < -0.4 is 5.32 Å². The molecule has 5 nitrogen and oxygen atoms in total. The first-order chi connectivity index (χ1) is 16.4. The third-order valence-electron chi connectivity index (χ3n) is 7.19. The lowest BCUT2D eigenvalue weighted by Crippen LogP contribution is -2.37. The van der Waals surface area contributed by atoms with E-state index in [2.05, 4.69) is 40.2 Å². The third-order valence-corrected chi connectivity index (χ3v) is 7.19. The van der Waals surface area contributed by atoms with Crippen molar-refractivity contribution in [1.29, 1.82) is 0 Å². The Bertz CT molecular complexity index is 1300. The molecule has 2 aliphatic carbocycles. The molecule has 1 amide bonds. The molecule has 172 valence electrons. The molecule has 6 heteroatoms. The number of halogens is 1. The van der Waals surface area contributed by atoms with Gasteiger partial charge in [-0.25, -0.2) is 9.07 Å². The lowest BCUT2D eigenvalue weighted by molar-refractivity contribution is -0.119. The Morgan fingerprint density at radius 2 is 2.03 bits per heavy atom. The van der Waals surface area contributed by atoms with Gasteiger partial charge in [0.1, 0.15) is 5.82 Å². The van der Waals surface area contributed by atoms with Gasteiger partial charge in [0.15, 0.2) is 0 Å². The molecular formula is C28H27FN4O. The summed E-state index contributed by atoms with van der Waals surface area (Å²) in [7, 11) is 0. The summed E-state index contributed by atoms with van der Waals surface area (Å²) in [6.45, 7) is 3.87. The number of hydrogen-bond acceptors (Lipinski definition) is 3. The maximum absolute atomic E-state index is 13.4. The summed E-state index contributed by atoms with van der Waals surface area (Å²) in [5.41, 5.74) is 5.43. The predicted molar refractivity (Wildman–Crippen MR) is 129 cm³/mol. The second-order valence-electron chi connectivity index (χ2n) is 9.44. The maximum Gasteiger partial charge on any atom is 0.217 e. The zero-order valence-electron chi connectivity index (χ0n) is 19.4. The fourth-order valence-electron chi connectivity index (χ4n) is 5.39. The molecule has 1 fully saturated rings. The number of pyridine rings is 1. The number of nitrogens with zero attached hydrogens (tertiary/aromatic N) is 3. The van der Waals surface area contributed by atoms with Crippen LogP contribution >= 0.6 is 0 Å². The average molecular weight is 455 g/mol. The Morgan fingerprint density at radius 1 is 1.26 bits per heavy atom. The number of allylic oxidation sites excluding steroid dienone is 1. The van der Waals surface area contributed by atoms with Crippen LogP contribution in [0.3, 0.4) is 0 Å². The largest absolute Gasteiger partial charge is 0.343 e. The van der Waals surface area contributed by atoms with E-state index in [0.717, 1.165) is 42.6 Å². The fraction of sp³-hybridized carbons (Fsp3) is 0.321. The van der Waals surface area contributed by atoms with E-state index in [1.54, 1.807) is 31.5 Å². The Kier molecular flexibility index (Phi) is 5.79. The first kappa shape index (κ1) is 22.1. The molecule has 1 N–H and O–H groups in total. The molecule has 0 radical (unpaired) electrons. The van der Waals surface area contributed by atoms with Crippen molar-refractivity contribution in [1.82, 2.24) is 20.1 Å². The van der Waals surface area contributed by atoms with Crippen LogP contribution in [0.2, 0.25) is 0 Å². The number of benzene rings is 1. The lowest BCUT2D eigenvalue weighted by atomic mass is 9.68. The summed E-state index contributed by atoms with van der Waals surface area (Å²) in [5.74, 6) is 6.54. The normalized spacial score (nSPS) is 21.5. The number of aromatic nitrogens is 3. The zero-order chi connectivity index (χ0) is 23.7. The molecule has 3 atom stereocenters. The second kappa shape index (κ2) is 8.90. The van der Waals surface area contributed by atoms with Crippen molar-refractivity contribution in [3.63, 3.8) is 0 Å². The van der Waals surface area contributed by atoms with Crippen LogP contribution in [0.15, 0.2) is 60.6 Å². The molecule has 5 rings (SSSR count). The van der Waals surface area contributed by atoms with Crippen molar-refractivity contribution in [3.05, 3.63) is 83.2 Å². The van der Waals surface area contributed by atoms with E-state index in [4.69, 9.17) is 0 Å². The van der Waals surface area contributed by atoms with E-state index >= 15 is 0 Å². The van der Waals surface area contributed by atoms with Crippen LogP contribution in [0.25, 0.3) is 11.8 Å². The predicted octanol–water partition coefficient (Wildman–Crippen LogP) is 4.71. The molecule has 0 spiro atoms. The summed E-state index contributed by atoms with van der Waals surface area (Å²) in [6.07, 6.45) is 11.4.